The molecule has 1 aromatic carbocycles. The Morgan fingerprint density at radius 2 is 2.00 bits per heavy atom. The minimum absolute atomic E-state index is 0.323. The summed E-state index contributed by atoms with van der Waals surface area (Å²) in [6.45, 7) is 1.86. The van der Waals surface area contributed by atoms with Crippen molar-refractivity contribution >= 4 is 5.97 Å². The van der Waals surface area contributed by atoms with E-state index in [-0.39, 0.29) is 5.97 Å². The van der Waals surface area contributed by atoms with Crippen LogP contribution >= 0.6 is 0 Å². The fourth-order valence-electron chi connectivity index (χ4n) is 0.777. The van der Waals surface area contributed by atoms with Crippen molar-refractivity contribution in [3.8, 4) is 0 Å². The molecule has 0 amide bonds. The monoisotopic (exact) mass is 288 g/mol. The third kappa shape index (κ3) is 3.59. The highest BCUT2D eigenvalue weighted by atomic mass is 127. The second-order valence-electron chi connectivity index (χ2n) is 2.48. The summed E-state index contributed by atoms with van der Waals surface area (Å²) in [5.74, 6) is -0.323. The fraction of sp³-hybridized carbons (Fsp3) is 0.100. The van der Waals surface area contributed by atoms with Gasteiger partial charge in [-0.05, 0) is 12.1 Å². The molecule has 0 unspecified atom stereocenters. The molecule has 1 radical (unpaired) electrons. The molecule has 1 aromatic rings. The highest BCUT2D eigenvalue weighted by Crippen LogP contribution is 2.00. The van der Waals surface area contributed by atoms with Crippen molar-refractivity contribution < 1.29 is 32.1 Å². The second-order valence-corrected chi connectivity index (χ2v) is 4.18. The first-order chi connectivity index (χ1) is 6.20. The van der Waals surface area contributed by atoms with Gasteiger partial charge in [-0.25, -0.2) is 4.79 Å². The van der Waals surface area contributed by atoms with E-state index in [2.05, 4.69) is 22.6 Å². The van der Waals surface area contributed by atoms with Gasteiger partial charge in [0.15, 0.2) is 0 Å². The van der Waals surface area contributed by atoms with Gasteiger partial charge in [-0.1, -0.05) is 25.1 Å². The third-order valence-corrected chi connectivity index (χ3v) is 1.59. The van der Waals surface area contributed by atoms with Crippen LogP contribution in [0, 0.1) is 0 Å². The quantitative estimate of drug-likeness (QED) is 0.407. The second kappa shape index (κ2) is 5.01. The van der Waals surface area contributed by atoms with Crippen LogP contribution in [0.25, 0.3) is 0 Å². The number of carbonyl (C=O) groups is 1. The molecule has 0 aliphatic rings. The van der Waals surface area contributed by atoms with Crippen LogP contribution < -0.4 is 22.6 Å². The van der Waals surface area contributed by atoms with E-state index >= 15 is 0 Å². The number of allylic oxidation sites excluding steroid dienone is 1. The average molecular weight is 288 g/mol. The van der Waals surface area contributed by atoms with Gasteiger partial charge in [0.1, 0.15) is 0 Å². The Morgan fingerprint density at radius 3 is 2.54 bits per heavy atom. The molecule has 0 saturated heterocycles. The molecule has 0 N–H and O–H groups in total. The number of ether oxygens (including phenoxy) is 1. The summed E-state index contributed by atoms with van der Waals surface area (Å²) in [5.41, 5.74) is 0.566. The van der Waals surface area contributed by atoms with Crippen molar-refractivity contribution in [2.45, 2.75) is 6.92 Å². The Balaban J connectivity index is 2.65. The minimum atomic E-state index is -0.323. The average Bonchev–Trinajstić information content (AvgIpc) is 2.15. The Kier molecular flexibility index (Phi) is 3.95. The highest BCUT2D eigenvalue weighted by Gasteiger charge is 2.02. The van der Waals surface area contributed by atoms with Crippen molar-refractivity contribution in [3.05, 3.63) is 45.7 Å². The summed E-state index contributed by atoms with van der Waals surface area (Å²) < 4.78 is 5.81. The van der Waals surface area contributed by atoms with Crippen LogP contribution in [0.5, 0.6) is 0 Å². The molecule has 0 bridgehead atoms. The molecule has 2 nitrogen and oxygen atoms in total. The van der Waals surface area contributed by atoms with E-state index in [1.54, 1.807) is 24.3 Å². The molecule has 3 heteroatoms. The first kappa shape index (κ1) is 10.2. The van der Waals surface area contributed by atoms with Gasteiger partial charge < -0.3 is 27.3 Å². The summed E-state index contributed by atoms with van der Waals surface area (Å²) >= 11 is 2.08. The number of hydrogen-bond acceptors (Lipinski definition) is 2. The zero-order chi connectivity index (χ0) is 9.68. The van der Waals surface area contributed by atoms with Crippen LogP contribution in [0.3, 0.4) is 0 Å². The van der Waals surface area contributed by atoms with Gasteiger partial charge in [-0.15, -0.1) is 0 Å². The maximum atomic E-state index is 11.3. The normalized spacial score (nSPS) is 11.1. The lowest BCUT2D eigenvalue weighted by Crippen LogP contribution is -3.33. The first-order valence-electron chi connectivity index (χ1n) is 3.78. The van der Waals surface area contributed by atoms with Crippen LogP contribution in [0.4, 0.5) is 0 Å². The SMILES string of the molecule is C/C([I-])=C\OC(=O)c1ccccc1. The smallest absolute Gasteiger partial charge is 0.342 e. The van der Waals surface area contributed by atoms with Gasteiger partial charge in [0, 0.05) is 0 Å². The van der Waals surface area contributed by atoms with E-state index in [0.29, 0.717) is 5.56 Å². The Hall–Kier alpha value is -0.840. The molecule has 0 aromatic heterocycles. The van der Waals surface area contributed by atoms with Crippen molar-refractivity contribution in [1.29, 1.82) is 0 Å². The zero-order valence-corrected chi connectivity index (χ0v) is 9.32. The Bertz CT molecular complexity index is 313. The van der Waals surface area contributed by atoms with Gasteiger partial charge >= 0.3 is 5.97 Å². The van der Waals surface area contributed by atoms with Gasteiger partial charge in [-0.3, -0.25) is 0 Å². The molecular formula is C10H9IO2-. The number of rotatable bonds is 2. The third-order valence-electron chi connectivity index (χ3n) is 1.34. The molecule has 0 spiro atoms. The fourth-order valence-corrected chi connectivity index (χ4v) is 0.904. The number of esters is 1. The molecule has 69 valence electrons. The maximum absolute atomic E-state index is 11.3. The Morgan fingerprint density at radius 1 is 1.38 bits per heavy atom. The standard InChI is InChI=1S/C10H9IO2/c1-8(11)7-13-10(12)9-5-3-2-4-6-9/h2-7H,1H3/q-1/b8-7+. The van der Waals surface area contributed by atoms with Crippen LogP contribution in [0.15, 0.2) is 40.2 Å². The van der Waals surface area contributed by atoms with Crippen molar-refractivity contribution in [2.24, 2.45) is 0 Å². The van der Waals surface area contributed by atoms with Crippen molar-refractivity contribution in [3.63, 3.8) is 0 Å². The maximum Gasteiger partial charge on any atom is 0.342 e. The number of benzene rings is 1. The van der Waals surface area contributed by atoms with Gasteiger partial charge in [-0.2, -0.15) is 3.58 Å². The van der Waals surface area contributed by atoms with Crippen LogP contribution in [-0.2, 0) is 4.74 Å². The van der Waals surface area contributed by atoms with Crippen LogP contribution in [-0.4, -0.2) is 5.97 Å². The molecule has 0 aliphatic carbocycles. The van der Waals surface area contributed by atoms with E-state index in [1.165, 1.54) is 6.26 Å². The van der Waals surface area contributed by atoms with E-state index in [4.69, 9.17) is 4.74 Å². The van der Waals surface area contributed by atoms with Crippen LogP contribution in [0.2, 0.25) is 0 Å². The summed E-state index contributed by atoms with van der Waals surface area (Å²) in [5, 5.41) is 0. The van der Waals surface area contributed by atoms with E-state index in [9.17, 15) is 4.79 Å². The predicted octanol–water partition coefficient (Wildman–Crippen LogP) is -0.742. The van der Waals surface area contributed by atoms with Crippen LogP contribution in [0.1, 0.15) is 17.3 Å². The summed E-state index contributed by atoms with van der Waals surface area (Å²) in [6, 6.07) is 8.90. The lowest BCUT2D eigenvalue weighted by Gasteiger charge is -2.04. The van der Waals surface area contributed by atoms with E-state index in [0.717, 1.165) is 3.58 Å². The molecular weight excluding hydrogens is 279 g/mol. The number of carbonyl (C=O) groups excluding carboxylic acids is 1. The topological polar surface area (TPSA) is 26.3 Å². The summed E-state index contributed by atoms with van der Waals surface area (Å²) in [6.07, 6.45) is 1.44. The molecule has 0 fully saturated rings. The van der Waals surface area contributed by atoms with E-state index < -0.39 is 0 Å². The largest absolute Gasteiger partial charge is 0.760 e. The highest BCUT2D eigenvalue weighted by molar-refractivity contribution is 5.89. The lowest BCUT2D eigenvalue weighted by atomic mass is 10.2. The lowest BCUT2D eigenvalue weighted by molar-refractivity contribution is -0.304. The van der Waals surface area contributed by atoms with Crippen molar-refractivity contribution in [2.75, 3.05) is 0 Å². The molecule has 0 saturated carbocycles. The molecule has 0 aliphatic heterocycles. The molecule has 1 rings (SSSR count). The predicted molar refractivity (Wildman–Crippen MR) is 45.6 cm³/mol. The van der Waals surface area contributed by atoms with E-state index in [1.807, 2.05) is 13.0 Å². The molecule has 0 atom stereocenters. The van der Waals surface area contributed by atoms with Gasteiger partial charge in [0.2, 0.25) is 0 Å². The molecule has 0 heterocycles. The van der Waals surface area contributed by atoms with Gasteiger partial charge in [0.05, 0.1) is 11.8 Å². The van der Waals surface area contributed by atoms with Gasteiger partial charge in [0.25, 0.3) is 0 Å². The zero-order valence-electron chi connectivity index (χ0n) is 7.16. The Labute approximate surface area is 90.7 Å². The number of halogens is 1. The number of hydrogen-bond donors (Lipinski definition) is 0. The van der Waals surface area contributed by atoms with Crippen molar-refractivity contribution in [1.82, 2.24) is 0 Å². The molecule has 13 heavy (non-hydrogen) atoms. The first-order valence-corrected chi connectivity index (χ1v) is 4.86. The summed E-state index contributed by atoms with van der Waals surface area (Å²) in [7, 11) is 0. The summed E-state index contributed by atoms with van der Waals surface area (Å²) in [4.78, 5) is 11.3. The minimum Gasteiger partial charge on any atom is -0.760 e.